The van der Waals surface area contributed by atoms with E-state index >= 15 is 0 Å². The number of thiocarbonyl (C=S) groups is 1. The van der Waals surface area contributed by atoms with Crippen molar-refractivity contribution in [3.05, 3.63) is 64.7 Å². The van der Waals surface area contributed by atoms with Crippen molar-refractivity contribution in [2.24, 2.45) is 0 Å². The molecule has 0 aliphatic heterocycles. The molecule has 1 saturated carbocycles. The van der Waals surface area contributed by atoms with Crippen LogP contribution < -0.4 is 10.6 Å². The molecule has 0 bridgehead atoms. The second-order valence-corrected chi connectivity index (χ2v) is 6.79. The van der Waals surface area contributed by atoms with Crippen molar-refractivity contribution in [3.63, 3.8) is 0 Å². The minimum atomic E-state index is -0.913. The molecular formula is C18H17ClF2N2S. The highest BCUT2D eigenvalue weighted by Crippen LogP contribution is 2.41. The summed E-state index contributed by atoms with van der Waals surface area (Å²) in [6, 6.07) is 11.3. The van der Waals surface area contributed by atoms with E-state index in [9.17, 15) is 8.78 Å². The first-order valence-corrected chi connectivity index (χ1v) is 8.58. The molecule has 0 unspecified atom stereocenters. The summed E-state index contributed by atoms with van der Waals surface area (Å²) in [5.74, 6) is -1.80. The summed E-state index contributed by atoms with van der Waals surface area (Å²) in [5.41, 5.74) is 1.08. The smallest absolute Gasteiger partial charge is 0.171 e. The van der Waals surface area contributed by atoms with Gasteiger partial charge >= 0.3 is 0 Å². The van der Waals surface area contributed by atoms with E-state index in [1.54, 1.807) is 0 Å². The van der Waals surface area contributed by atoms with Crippen molar-refractivity contribution in [1.82, 2.24) is 5.32 Å². The molecule has 0 radical (unpaired) electrons. The fourth-order valence-electron chi connectivity index (χ4n) is 3.24. The van der Waals surface area contributed by atoms with Crippen LogP contribution in [0.1, 0.15) is 31.2 Å². The Hall–Kier alpha value is -1.72. The minimum absolute atomic E-state index is 0.332. The lowest BCUT2D eigenvalue weighted by Crippen LogP contribution is -2.45. The third-order valence-corrected chi connectivity index (χ3v) is 4.91. The Balaban J connectivity index is 1.80. The molecule has 126 valence electrons. The average molecular weight is 367 g/mol. The third-order valence-electron chi connectivity index (χ3n) is 4.38. The van der Waals surface area contributed by atoms with Gasteiger partial charge in [0, 0.05) is 16.8 Å². The largest absolute Gasteiger partial charge is 0.353 e. The van der Waals surface area contributed by atoms with E-state index in [1.165, 1.54) is 6.07 Å². The van der Waals surface area contributed by atoms with Crippen LogP contribution >= 0.6 is 23.8 Å². The van der Waals surface area contributed by atoms with Gasteiger partial charge < -0.3 is 10.6 Å². The van der Waals surface area contributed by atoms with E-state index < -0.39 is 11.6 Å². The number of anilines is 1. The first kappa shape index (κ1) is 17.1. The van der Waals surface area contributed by atoms with E-state index in [0.29, 0.717) is 15.8 Å². The summed E-state index contributed by atoms with van der Waals surface area (Å²) in [7, 11) is 0. The summed E-state index contributed by atoms with van der Waals surface area (Å²) in [6.45, 7) is 0. The molecule has 1 fully saturated rings. The molecule has 0 amide bonds. The van der Waals surface area contributed by atoms with Crippen molar-refractivity contribution in [2.75, 3.05) is 5.32 Å². The second-order valence-electron chi connectivity index (χ2n) is 5.98. The van der Waals surface area contributed by atoms with Crippen LogP contribution in [0.2, 0.25) is 5.02 Å². The van der Waals surface area contributed by atoms with Crippen LogP contribution in [0, 0.1) is 11.6 Å². The molecular weight excluding hydrogens is 350 g/mol. The summed E-state index contributed by atoms with van der Waals surface area (Å²) in [5, 5.41) is 7.33. The number of hydrogen-bond donors (Lipinski definition) is 2. The van der Waals surface area contributed by atoms with Crippen molar-refractivity contribution >= 4 is 34.6 Å². The Bertz CT molecular complexity index is 760. The molecule has 2 aromatic rings. The maximum absolute atomic E-state index is 13.3. The van der Waals surface area contributed by atoms with Crippen molar-refractivity contribution in [1.29, 1.82) is 0 Å². The summed E-state index contributed by atoms with van der Waals surface area (Å²) in [6.07, 6.45) is 3.98. The number of halogens is 3. The standard InChI is InChI=1S/C18H17ClF2N2S/c19-14-6-2-1-5-13(14)18(9-3-4-10-18)23-17(24)22-12-7-8-15(20)16(21)11-12/h1-2,5-8,11H,3-4,9-10H2,(H2,22,23,24). The van der Waals surface area contributed by atoms with Crippen LogP contribution in [0.5, 0.6) is 0 Å². The Labute approximate surface area is 150 Å². The van der Waals surface area contributed by atoms with E-state index in [0.717, 1.165) is 43.4 Å². The van der Waals surface area contributed by atoms with Gasteiger partial charge in [-0.25, -0.2) is 8.78 Å². The molecule has 0 aromatic heterocycles. The Kier molecular flexibility index (Phi) is 5.01. The molecule has 0 spiro atoms. The fourth-order valence-corrected chi connectivity index (χ4v) is 3.87. The topological polar surface area (TPSA) is 24.1 Å². The van der Waals surface area contributed by atoms with Gasteiger partial charge in [0.2, 0.25) is 0 Å². The second kappa shape index (κ2) is 7.03. The van der Waals surface area contributed by atoms with Gasteiger partial charge in [-0.05, 0) is 48.8 Å². The fraction of sp³-hybridized carbons (Fsp3) is 0.278. The first-order chi connectivity index (χ1) is 11.5. The highest BCUT2D eigenvalue weighted by Gasteiger charge is 2.37. The lowest BCUT2D eigenvalue weighted by molar-refractivity contribution is 0.408. The van der Waals surface area contributed by atoms with E-state index in [2.05, 4.69) is 10.6 Å². The van der Waals surface area contributed by atoms with Crippen molar-refractivity contribution < 1.29 is 8.78 Å². The van der Waals surface area contributed by atoms with Gasteiger partial charge in [0.1, 0.15) is 0 Å². The Morgan fingerprint density at radius 1 is 1.04 bits per heavy atom. The van der Waals surface area contributed by atoms with Crippen LogP contribution in [0.4, 0.5) is 14.5 Å². The average Bonchev–Trinajstić information content (AvgIpc) is 3.00. The maximum atomic E-state index is 13.3. The lowest BCUT2D eigenvalue weighted by atomic mass is 9.88. The van der Waals surface area contributed by atoms with E-state index in [-0.39, 0.29) is 5.54 Å². The van der Waals surface area contributed by atoms with E-state index in [1.807, 2.05) is 24.3 Å². The quantitative estimate of drug-likeness (QED) is 0.714. The summed E-state index contributed by atoms with van der Waals surface area (Å²) >= 11 is 11.8. The van der Waals surface area contributed by atoms with Crippen LogP contribution in [0.15, 0.2) is 42.5 Å². The molecule has 2 aromatic carbocycles. The predicted octanol–water partition coefficient (Wildman–Crippen LogP) is 5.37. The van der Waals surface area contributed by atoms with Crippen LogP contribution in [-0.2, 0) is 5.54 Å². The van der Waals surface area contributed by atoms with Gasteiger partial charge in [0.15, 0.2) is 16.7 Å². The summed E-state index contributed by atoms with van der Waals surface area (Å²) in [4.78, 5) is 0. The zero-order valence-corrected chi connectivity index (χ0v) is 14.5. The van der Waals surface area contributed by atoms with Crippen LogP contribution in [0.3, 0.4) is 0 Å². The molecule has 3 rings (SSSR count). The number of rotatable bonds is 3. The first-order valence-electron chi connectivity index (χ1n) is 7.79. The molecule has 6 heteroatoms. The van der Waals surface area contributed by atoms with Gasteiger partial charge in [0.05, 0.1) is 5.54 Å². The van der Waals surface area contributed by atoms with Crippen LogP contribution in [0.25, 0.3) is 0 Å². The molecule has 2 nitrogen and oxygen atoms in total. The third kappa shape index (κ3) is 3.52. The molecule has 1 aliphatic rings. The number of nitrogens with one attached hydrogen (secondary N) is 2. The maximum Gasteiger partial charge on any atom is 0.171 e. The zero-order chi connectivity index (χ0) is 17.2. The van der Waals surface area contributed by atoms with Gasteiger partial charge in [-0.3, -0.25) is 0 Å². The SMILES string of the molecule is Fc1ccc(NC(=S)NC2(c3ccccc3Cl)CCCC2)cc1F. The zero-order valence-electron chi connectivity index (χ0n) is 12.9. The Morgan fingerprint density at radius 3 is 2.42 bits per heavy atom. The van der Waals surface area contributed by atoms with E-state index in [4.69, 9.17) is 23.8 Å². The highest BCUT2D eigenvalue weighted by molar-refractivity contribution is 7.80. The van der Waals surface area contributed by atoms with Crippen LogP contribution in [-0.4, -0.2) is 5.11 Å². The van der Waals surface area contributed by atoms with Gasteiger partial charge in [-0.1, -0.05) is 42.6 Å². The molecule has 1 aliphatic carbocycles. The molecule has 0 atom stereocenters. The number of benzene rings is 2. The van der Waals surface area contributed by atoms with Gasteiger partial charge in [-0.15, -0.1) is 0 Å². The monoisotopic (exact) mass is 366 g/mol. The number of hydrogen-bond acceptors (Lipinski definition) is 1. The highest BCUT2D eigenvalue weighted by atomic mass is 35.5. The molecule has 2 N–H and O–H groups in total. The lowest BCUT2D eigenvalue weighted by Gasteiger charge is -2.33. The normalized spacial score (nSPS) is 16.0. The predicted molar refractivity (Wildman–Crippen MR) is 97.3 cm³/mol. The van der Waals surface area contributed by atoms with Gasteiger partial charge in [0.25, 0.3) is 0 Å². The molecule has 24 heavy (non-hydrogen) atoms. The molecule has 0 saturated heterocycles. The van der Waals surface area contributed by atoms with Crippen molar-refractivity contribution in [2.45, 2.75) is 31.2 Å². The van der Waals surface area contributed by atoms with Gasteiger partial charge in [-0.2, -0.15) is 0 Å². The minimum Gasteiger partial charge on any atom is -0.353 e. The summed E-state index contributed by atoms with van der Waals surface area (Å²) < 4.78 is 26.4. The molecule has 0 heterocycles. The Morgan fingerprint density at radius 2 is 1.75 bits per heavy atom. The van der Waals surface area contributed by atoms with Crippen molar-refractivity contribution in [3.8, 4) is 0 Å².